The van der Waals surface area contributed by atoms with E-state index in [-0.39, 0.29) is 35.6 Å². The van der Waals surface area contributed by atoms with E-state index >= 15 is 0 Å². The molecule has 4 heterocycles. The third kappa shape index (κ3) is 3.66. The summed E-state index contributed by atoms with van der Waals surface area (Å²) in [5.41, 5.74) is 3.30. The van der Waals surface area contributed by atoms with Crippen molar-refractivity contribution in [3.8, 4) is 0 Å². The first-order chi connectivity index (χ1) is 16.3. The van der Waals surface area contributed by atoms with Crippen LogP contribution in [0.2, 0.25) is 0 Å². The average Bonchev–Trinajstić information content (AvgIpc) is 3.43. The molecular formula is C23H25N7O3S. The van der Waals surface area contributed by atoms with Gasteiger partial charge in [-0.05, 0) is 31.5 Å². The van der Waals surface area contributed by atoms with Crippen LogP contribution in [0, 0.1) is 6.92 Å². The van der Waals surface area contributed by atoms with Crippen LogP contribution >= 0.6 is 0 Å². The number of benzene rings is 1. The van der Waals surface area contributed by atoms with E-state index in [4.69, 9.17) is 0 Å². The van der Waals surface area contributed by atoms with Gasteiger partial charge in [-0.1, -0.05) is 12.1 Å². The monoisotopic (exact) mass is 479 g/mol. The minimum atomic E-state index is -3.80. The molecule has 1 unspecified atom stereocenters. The van der Waals surface area contributed by atoms with E-state index in [0.29, 0.717) is 12.2 Å². The molecule has 1 aliphatic heterocycles. The number of fused-ring (bicyclic) bond motifs is 2. The molecule has 0 bridgehead atoms. The van der Waals surface area contributed by atoms with E-state index in [2.05, 4.69) is 20.3 Å². The van der Waals surface area contributed by atoms with Crippen LogP contribution in [0.15, 0.2) is 54.2 Å². The molecule has 1 amide bonds. The molecule has 34 heavy (non-hydrogen) atoms. The summed E-state index contributed by atoms with van der Waals surface area (Å²) in [6.45, 7) is 4.52. The number of hydrogen-bond acceptors (Lipinski definition) is 6. The van der Waals surface area contributed by atoms with Gasteiger partial charge < -0.3 is 14.5 Å². The molecular weight excluding hydrogens is 454 g/mol. The normalized spacial score (nSPS) is 16.5. The lowest BCUT2D eigenvalue weighted by Gasteiger charge is -2.31. The number of carbonyl (C=O) groups excluding carboxylic acids is 1. The van der Waals surface area contributed by atoms with Gasteiger partial charge in [-0.2, -0.15) is 4.31 Å². The summed E-state index contributed by atoms with van der Waals surface area (Å²) < 4.78 is 32.1. The van der Waals surface area contributed by atoms with Crippen molar-refractivity contribution in [2.75, 3.05) is 6.54 Å². The maximum Gasteiger partial charge on any atom is 0.268 e. The Morgan fingerprint density at radius 2 is 2.06 bits per heavy atom. The number of amides is 1. The van der Waals surface area contributed by atoms with Crippen molar-refractivity contribution in [3.63, 3.8) is 0 Å². The molecule has 5 rings (SSSR count). The molecule has 1 atom stereocenters. The summed E-state index contributed by atoms with van der Waals surface area (Å²) in [7, 11) is -2.11. The van der Waals surface area contributed by atoms with Gasteiger partial charge in [0.05, 0.1) is 24.1 Å². The van der Waals surface area contributed by atoms with Crippen LogP contribution in [0.3, 0.4) is 0 Å². The molecule has 1 aromatic carbocycles. The topological polar surface area (TPSA) is 115 Å². The highest BCUT2D eigenvalue weighted by atomic mass is 32.2. The molecule has 0 fully saturated rings. The van der Waals surface area contributed by atoms with Gasteiger partial charge in [0.25, 0.3) is 5.91 Å². The second-order valence-electron chi connectivity index (χ2n) is 8.53. The van der Waals surface area contributed by atoms with Gasteiger partial charge in [0.2, 0.25) is 10.0 Å². The lowest BCUT2D eigenvalue weighted by Crippen LogP contribution is -2.39. The lowest BCUT2D eigenvalue weighted by molar-refractivity contribution is 0.0942. The van der Waals surface area contributed by atoms with E-state index in [1.807, 2.05) is 29.7 Å². The van der Waals surface area contributed by atoms with Crippen molar-refractivity contribution in [3.05, 3.63) is 72.0 Å². The summed E-state index contributed by atoms with van der Waals surface area (Å²) >= 11 is 0. The molecule has 1 aliphatic rings. The number of rotatable bonds is 5. The van der Waals surface area contributed by atoms with Crippen LogP contribution in [0.5, 0.6) is 0 Å². The zero-order chi connectivity index (χ0) is 24.0. The molecule has 4 aromatic rings. The van der Waals surface area contributed by atoms with Crippen molar-refractivity contribution < 1.29 is 13.2 Å². The lowest BCUT2D eigenvalue weighted by atomic mass is 10.1. The van der Waals surface area contributed by atoms with Gasteiger partial charge in [0.1, 0.15) is 16.9 Å². The maximum absolute atomic E-state index is 13.5. The van der Waals surface area contributed by atoms with Crippen LogP contribution in [0.4, 0.5) is 0 Å². The van der Waals surface area contributed by atoms with Crippen molar-refractivity contribution in [2.24, 2.45) is 7.05 Å². The van der Waals surface area contributed by atoms with Gasteiger partial charge in [-0.15, -0.1) is 0 Å². The predicted octanol–water partition coefficient (Wildman–Crippen LogP) is 2.17. The second-order valence-corrected chi connectivity index (χ2v) is 10.4. The van der Waals surface area contributed by atoms with Crippen molar-refractivity contribution in [1.29, 1.82) is 0 Å². The molecule has 0 aliphatic carbocycles. The highest BCUT2D eigenvalue weighted by Gasteiger charge is 2.34. The number of aromatic nitrogens is 5. The number of nitrogens with zero attached hydrogens (tertiary/aromatic N) is 6. The Kier molecular flexibility index (Phi) is 5.45. The van der Waals surface area contributed by atoms with E-state index in [1.54, 1.807) is 37.3 Å². The third-order valence-electron chi connectivity index (χ3n) is 6.45. The first kappa shape index (κ1) is 22.2. The van der Waals surface area contributed by atoms with Gasteiger partial charge in [0.15, 0.2) is 0 Å². The van der Waals surface area contributed by atoms with Crippen molar-refractivity contribution in [2.45, 2.75) is 37.9 Å². The Balaban J connectivity index is 1.39. The Labute approximate surface area is 197 Å². The summed E-state index contributed by atoms with van der Waals surface area (Å²) in [4.78, 5) is 25.6. The zero-order valence-electron chi connectivity index (χ0n) is 19.1. The summed E-state index contributed by atoms with van der Waals surface area (Å²) in [5.74, 6) is -0.356. The molecule has 10 nitrogen and oxygen atoms in total. The van der Waals surface area contributed by atoms with Gasteiger partial charge in [-0.25, -0.2) is 23.4 Å². The molecule has 176 valence electrons. The average molecular weight is 480 g/mol. The fourth-order valence-electron chi connectivity index (χ4n) is 4.44. The fraction of sp³-hybridized carbons (Fsp3) is 0.304. The summed E-state index contributed by atoms with van der Waals surface area (Å²) in [5, 5.41) is 3.76. The van der Waals surface area contributed by atoms with E-state index in [9.17, 15) is 13.2 Å². The number of imidazole rings is 1. The molecule has 11 heteroatoms. The highest BCUT2D eigenvalue weighted by molar-refractivity contribution is 7.89. The molecule has 3 aromatic heterocycles. The third-order valence-corrected chi connectivity index (χ3v) is 8.37. The largest absolute Gasteiger partial charge is 0.347 e. The Bertz CT molecular complexity index is 1500. The molecule has 1 N–H and O–H groups in total. The van der Waals surface area contributed by atoms with Crippen LogP contribution in [0.1, 0.15) is 40.4 Å². The van der Waals surface area contributed by atoms with Gasteiger partial charge in [0, 0.05) is 49.7 Å². The number of hydrogen-bond donors (Lipinski definition) is 1. The zero-order valence-corrected chi connectivity index (χ0v) is 20.0. The molecule has 0 saturated heterocycles. The van der Waals surface area contributed by atoms with Gasteiger partial charge in [-0.3, -0.25) is 4.79 Å². The summed E-state index contributed by atoms with van der Waals surface area (Å²) in [6.07, 6.45) is 6.61. The fourth-order valence-corrected chi connectivity index (χ4v) is 6.20. The molecule has 0 spiro atoms. The van der Waals surface area contributed by atoms with Gasteiger partial charge >= 0.3 is 0 Å². The SMILES string of the molecule is Cc1c(S(=O)(=O)N2Cc3cncn3C(C)C2)cc(C(=O)NCc2cccc3ncncc23)n1C. The summed E-state index contributed by atoms with van der Waals surface area (Å²) in [6, 6.07) is 7.09. The predicted molar refractivity (Wildman–Crippen MR) is 125 cm³/mol. The van der Waals surface area contributed by atoms with Crippen LogP contribution in [-0.4, -0.2) is 49.3 Å². The first-order valence-corrected chi connectivity index (χ1v) is 12.3. The Hall–Kier alpha value is -3.57. The van der Waals surface area contributed by atoms with Crippen LogP contribution in [-0.2, 0) is 30.2 Å². The minimum absolute atomic E-state index is 0.0301. The minimum Gasteiger partial charge on any atom is -0.347 e. The van der Waals surface area contributed by atoms with E-state index < -0.39 is 10.0 Å². The van der Waals surface area contributed by atoms with Crippen molar-refractivity contribution in [1.82, 2.24) is 33.7 Å². The number of carbonyl (C=O) groups is 1. The van der Waals surface area contributed by atoms with E-state index in [0.717, 1.165) is 22.2 Å². The number of nitrogens with one attached hydrogen (secondary N) is 1. The molecule has 0 saturated carbocycles. The Morgan fingerprint density at radius 1 is 1.24 bits per heavy atom. The quantitative estimate of drug-likeness (QED) is 0.469. The maximum atomic E-state index is 13.5. The molecule has 0 radical (unpaired) electrons. The van der Waals surface area contributed by atoms with Crippen LogP contribution < -0.4 is 5.32 Å². The number of sulfonamides is 1. The second kappa shape index (κ2) is 8.33. The standard InChI is InChI=1S/C23H25N7O3S/c1-15-11-29(12-18-9-25-14-30(15)18)34(32,33)22-7-21(28(3)16(22)2)23(31)26-8-17-5-4-6-20-19(17)10-24-13-27-20/h4-7,9-10,13-15H,8,11-12H2,1-3H3,(H,26,31). The van der Waals surface area contributed by atoms with Crippen LogP contribution in [0.25, 0.3) is 10.9 Å². The first-order valence-electron chi connectivity index (χ1n) is 10.9. The van der Waals surface area contributed by atoms with E-state index in [1.165, 1.54) is 16.7 Å². The Morgan fingerprint density at radius 3 is 2.88 bits per heavy atom. The smallest absolute Gasteiger partial charge is 0.268 e. The highest BCUT2D eigenvalue weighted by Crippen LogP contribution is 2.29. The van der Waals surface area contributed by atoms with Crippen molar-refractivity contribution >= 4 is 26.8 Å².